The fourth-order valence-electron chi connectivity index (χ4n) is 2.97. The smallest absolute Gasteiger partial charge is 0.344 e. The van der Waals surface area contributed by atoms with Crippen LogP contribution in [0.25, 0.3) is 0 Å². The Morgan fingerprint density at radius 1 is 1.23 bits per heavy atom. The Labute approximate surface area is 179 Å². The Kier molecular flexibility index (Phi) is 9.54. The molecule has 1 heterocycles. The van der Waals surface area contributed by atoms with Crippen LogP contribution in [-0.2, 0) is 14.3 Å². The van der Waals surface area contributed by atoms with Crippen LogP contribution >= 0.6 is 0 Å². The first-order valence-electron chi connectivity index (χ1n) is 10.1. The van der Waals surface area contributed by atoms with Gasteiger partial charge in [-0.25, -0.2) is 13.6 Å². The van der Waals surface area contributed by atoms with Crippen molar-refractivity contribution in [3.63, 3.8) is 0 Å². The molecule has 2 rings (SSSR count). The maximum Gasteiger partial charge on any atom is 0.344 e. The molecule has 0 aromatic heterocycles. The van der Waals surface area contributed by atoms with Gasteiger partial charge in [0, 0.05) is 37.9 Å². The molecule has 0 unspecified atom stereocenters. The monoisotopic (exact) mass is 438 g/mol. The molecule has 1 aliphatic rings. The van der Waals surface area contributed by atoms with Crippen LogP contribution in [0.4, 0.5) is 8.78 Å². The number of nitrogens with two attached hydrogens (primary N) is 2. The number of ketones is 1. The van der Waals surface area contributed by atoms with Crippen molar-refractivity contribution in [2.75, 3.05) is 46.0 Å². The number of ether oxygens (including phenoxy) is 2. The molecular formula is C21H28F2N4O4. The van der Waals surface area contributed by atoms with Gasteiger partial charge in [0.1, 0.15) is 23.0 Å². The molecule has 1 saturated heterocycles. The molecular weight excluding hydrogens is 410 g/mol. The van der Waals surface area contributed by atoms with E-state index in [4.69, 9.17) is 20.9 Å². The van der Waals surface area contributed by atoms with Crippen LogP contribution in [0.3, 0.4) is 0 Å². The molecule has 1 aromatic rings. The fourth-order valence-corrected chi connectivity index (χ4v) is 2.97. The first kappa shape index (κ1) is 24.4. The predicted octanol–water partition coefficient (Wildman–Crippen LogP) is 1.39. The average Bonchev–Trinajstić information content (AvgIpc) is 2.75. The minimum absolute atomic E-state index is 0.0771. The molecule has 0 bridgehead atoms. The van der Waals surface area contributed by atoms with Gasteiger partial charge in [-0.15, -0.1) is 0 Å². The van der Waals surface area contributed by atoms with E-state index in [0.717, 1.165) is 38.2 Å². The summed E-state index contributed by atoms with van der Waals surface area (Å²) in [5, 5.41) is 0. The van der Waals surface area contributed by atoms with Crippen LogP contribution in [0.2, 0.25) is 0 Å². The molecule has 0 aliphatic carbocycles. The van der Waals surface area contributed by atoms with Crippen molar-refractivity contribution in [3.05, 3.63) is 46.7 Å². The van der Waals surface area contributed by atoms with Crippen LogP contribution in [0.1, 0.15) is 30.1 Å². The van der Waals surface area contributed by atoms with Gasteiger partial charge in [0.05, 0.1) is 18.8 Å². The number of allylic oxidation sites excluding steroid dienone is 1. The van der Waals surface area contributed by atoms with E-state index in [1.165, 1.54) is 0 Å². The molecule has 0 atom stereocenters. The number of amidine groups is 1. The number of hydrogen-bond donors (Lipinski definition) is 2. The van der Waals surface area contributed by atoms with Gasteiger partial charge in [-0.3, -0.25) is 14.7 Å². The summed E-state index contributed by atoms with van der Waals surface area (Å²) in [6.07, 6.45) is 1.05. The normalized spacial score (nSPS) is 16.0. The third kappa shape index (κ3) is 7.41. The van der Waals surface area contributed by atoms with E-state index >= 15 is 0 Å². The van der Waals surface area contributed by atoms with Crippen LogP contribution < -0.4 is 11.5 Å². The number of Topliss-reactive ketones (excluding diaryl/α,β-unsaturated/α-hetero) is 1. The van der Waals surface area contributed by atoms with Gasteiger partial charge in [0.2, 0.25) is 5.78 Å². The summed E-state index contributed by atoms with van der Waals surface area (Å²) in [5.74, 6) is -3.67. The van der Waals surface area contributed by atoms with E-state index < -0.39 is 30.0 Å². The molecule has 0 saturated carbocycles. The first-order valence-corrected chi connectivity index (χ1v) is 10.1. The lowest BCUT2D eigenvalue weighted by atomic mass is 10.1. The lowest BCUT2D eigenvalue weighted by molar-refractivity contribution is -0.137. The number of halogens is 2. The molecule has 31 heavy (non-hydrogen) atoms. The van der Waals surface area contributed by atoms with Gasteiger partial charge in [-0.1, -0.05) is 6.92 Å². The number of carbonyl (C=O) groups excluding carboxylic acids is 2. The third-order valence-corrected chi connectivity index (χ3v) is 4.75. The second-order valence-corrected chi connectivity index (χ2v) is 6.95. The number of hydrogen-bond acceptors (Lipinski definition) is 7. The summed E-state index contributed by atoms with van der Waals surface area (Å²) in [7, 11) is 0. The Morgan fingerprint density at radius 3 is 2.58 bits per heavy atom. The van der Waals surface area contributed by atoms with Crippen LogP contribution in [0.5, 0.6) is 0 Å². The van der Waals surface area contributed by atoms with Crippen molar-refractivity contribution in [2.24, 2.45) is 16.5 Å². The van der Waals surface area contributed by atoms with E-state index in [1.54, 1.807) is 6.92 Å². The van der Waals surface area contributed by atoms with Crippen LogP contribution in [0.15, 0.2) is 34.5 Å². The highest BCUT2D eigenvalue weighted by Crippen LogP contribution is 2.12. The van der Waals surface area contributed by atoms with E-state index in [1.807, 2.05) is 0 Å². The highest BCUT2D eigenvalue weighted by atomic mass is 19.1. The number of carbonyl (C=O) groups is 2. The minimum atomic E-state index is -1.04. The molecule has 170 valence electrons. The van der Waals surface area contributed by atoms with Gasteiger partial charge in [-0.05, 0) is 25.0 Å². The number of rotatable bonds is 10. The zero-order valence-corrected chi connectivity index (χ0v) is 17.5. The van der Waals surface area contributed by atoms with E-state index in [0.29, 0.717) is 32.2 Å². The molecule has 1 fully saturated rings. The number of aliphatic imine (C=N–C) groups is 1. The summed E-state index contributed by atoms with van der Waals surface area (Å²) in [4.78, 5) is 31.1. The van der Waals surface area contributed by atoms with Crippen molar-refractivity contribution < 1.29 is 27.8 Å². The summed E-state index contributed by atoms with van der Waals surface area (Å²) in [6.45, 7) is 5.33. The van der Waals surface area contributed by atoms with E-state index in [-0.39, 0.29) is 22.7 Å². The standard InChI is InChI=1S/C21H28F2N4O4/c1-2-17(24)19(20(25)26-6-3-7-27-8-10-30-11-9-27)21(29)31-13-18(28)15-5-4-14(22)12-16(15)23/h4-5,12H,2-3,6-11,13,24H2,1H3,(H2,25,26). The molecule has 10 heteroatoms. The number of benzene rings is 1. The summed E-state index contributed by atoms with van der Waals surface area (Å²) in [5.41, 5.74) is 11.5. The van der Waals surface area contributed by atoms with Crippen molar-refractivity contribution in [1.29, 1.82) is 0 Å². The largest absolute Gasteiger partial charge is 0.454 e. The van der Waals surface area contributed by atoms with Crippen molar-refractivity contribution >= 4 is 17.6 Å². The first-order chi connectivity index (χ1) is 14.8. The van der Waals surface area contributed by atoms with Crippen molar-refractivity contribution in [3.8, 4) is 0 Å². The molecule has 4 N–H and O–H groups in total. The Bertz CT molecular complexity index is 852. The average molecular weight is 438 g/mol. The maximum absolute atomic E-state index is 13.7. The highest BCUT2D eigenvalue weighted by molar-refractivity contribution is 6.19. The van der Waals surface area contributed by atoms with Gasteiger partial charge in [-0.2, -0.15) is 0 Å². The van der Waals surface area contributed by atoms with Gasteiger partial charge in [0.25, 0.3) is 0 Å². The van der Waals surface area contributed by atoms with E-state index in [9.17, 15) is 18.4 Å². The van der Waals surface area contributed by atoms with Gasteiger partial charge in [0.15, 0.2) is 6.61 Å². The minimum Gasteiger partial charge on any atom is -0.454 e. The number of morpholine rings is 1. The zero-order chi connectivity index (χ0) is 22.8. The van der Waals surface area contributed by atoms with E-state index in [2.05, 4.69) is 9.89 Å². The second-order valence-electron chi connectivity index (χ2n) is 6.95. The molecule has 0 amide bonds. The Morgan fingerprint density at radius 2 is 1.94 bits per heavy atom. The lowest BCUT2D eigenvalue weighted by Gasteiger charge is -2.26. The zero-order valence-electron chi connectivity index (χ0n) is 17.5. The second kappa shape index (κ2) is 12.1. The summed E-state index contributed by atoms with van der Waals surface area (Å²) >= 11 is 0. The summed E-state index contributed by atoms with van der Waals surface area (Å²) in [6, 6.07) is 2.51. The topological polar surface area (TPSA) is 120 Å². The number of esters is 1. The van der Waals surface area contributed by atoms with Gasteiger partial charge < -0.3 is 20.9 Å². The predicted molar refractivity (Wildman–Crippen MR) is 112 cm³/mol. The third-order valence-electron chi connectivity index (χ3n) is 4.75. The maximum atomic E-state index is 13.7. The van der Waals surface area contributed by atoms with Gasteiger partial charge >= 0.3 is 5.97 Å². The molecule has 1 aliphatic heterocycles. The lowest BCUT2D eigenvalue weighted by Crippen LogP contribution is -2.37. The molecule has 1 aromatic carbocycles. The highest BCUT2D eigenvalue weighted by Gasteiger charge is 2.21. The van der Waals surface area contributed by atoms with Crippen LogP contribution in [-0.4, -0.2) is 68.5 Å². The quantitative estimate of drug-likeness (QED) is 0.141. The Hall–Kier alpha value is -2.85. The fraction of sp³-hybridized carbons (Fsp3) is 0.476. The Balaban J connectivity index is 1.95. The molecule has 0 spiro atoms. The SMILES string of the molecule is CCC(N)=C(C(=O)OCC(=O)c1ccc(F)cc1F)C(N)=NCCCN1CCOCC1. The van der Waals surface area contributed by atoms with Crippen LogP contribution in [0, 0.1) is 11.6 Å². The van der Waals surface area contributed by atoms with Crippen molar-refractivity contribution in [1.82, 2.24) is 4.90 Å². The number of nitrogens with zero attached hydrogens (tertiary/aromatic N) is 2. The summed E-state index contributed by atoms with van der Waals surface area (Å²) < 4.78 is 37.0. The van der Waals surface area contributed by atoms with Crippen molar-refractivity contribution in [2.45, 2.75) is 19.8 Å². The molecule has 0 radical (unpaired) electrons. The molecule has 8 nitrogen and oxygen atoms in total.